The Morgan fingerprint density at radius 1 is 1.57 bits per heavy atom. The van der Waals surface area contributed by atoms with E-state index in [1.807, 2.05) is 6.92 Å². The van der Waals surface area contributed by atoms with Gasteiger partial charge in [0.15, 0.2) is 0 Å². The molecule has 0 spiro atoms. The fraction of sp³-hybridized carbons (Fsp3) is 1.00. The zero-order valence-electron chi connectivity index (χ0n) is 8.69. The highest BCUT2D eigenvalue weighted by Crippen LogP contribution is 2.06. The molecule has 1 saturated heterocycles. The van der Waals surface area contributed by atoms with Crippen LogP contribution in [-0.4, -0.2) is 57.9 Å². The Labute approximate surface area is 85.5 Å². The van der Waals surface area contributed by atoms with Crippen molar-refractivity contribution in [2.24, 2.45) is 0 Å². The van der Waals surface area contributed by atoms with Crippen LogP contribution >= 0.6 is 0 Å². The molecule has 1 fully saturated rings. The van der Waals surface area contributed by atoms with E-state index in [0.29, 0.717) is 13.1 Å². The average Bonchev–Trinajstić information content (AvgIpc) is 2.15. The van der Waals surface area contributed by atoms with E-state index in [2.05, 4.69) is 5.32 Å². The van der Waals surface area contributed by atoms with Crippen molar-refractivity contribution in [3.63, 3.8) is 0 Å². The molecular formula is C8H18N2O3S. The second-order valence-electron chi connectivity index (χ2n) is 3.52. The lowest BCUT2D eigenvalue weighted by Crippen LogP contribution is -2.52. The molecule has 5 nitrogen and oxygen atoms in total. The summed E-state index contributed by atoms with van der Waals surface area (Å²) in [5, 5.41) is 3.20. The number of hydrogen-bond donors (Lipinski definition) is 1. The summed E-state index contributed by atoms with van der Waals surface area (Å²) >= 11 is 0. The predicted molar refractivity (Wildman–Crippen MR) is 54.7 cm³/mol. The summed E-state index contributed by atoms with van der Waals surface area (Å²) in [6.45, 7) is 4.11. The molecular weight excluding hydrogens is 204 g/mol. The van der Waals surface area contributed by atoms with Crippen LogP contribution in [0, 0.1) is 0 Å². The number of nitrogens with zero attached hydrogens (tertiary/aromatic N) is 1. The quantitative estimate of drug-likeness (QED) is 0.680. The topological polar surface area (TPSA) is 58.6 Å². The van der Waals surface area contributed by atoms with Crippen LogP contribution in [0.4, 0.5) is 0 Å². The number of hydrogen-bond acceptors (Lipinski definition) is 4. The van der Waals surface area contributed by atoms with Crippen molar-refractivity contribution in [2.45, 2.75) is 13.0 Å². The third-order valence-corrected chi connectivity index (χ3v) is 4.07. The van der Waals surface area contributed by atoms with Crippen LogP contribution in [0.1, 0.15) is 6.92 Å². The molecule has 0 aliphatic carbocycles. The maximum Gasteiger partial charge on any atom is 0.216 e. The first kappa shape index (κ1) is 11.9. The van der Waals surface area contributed by atoms with E-state index in [0.717, 1.165) is 6.54 Å². The minimum absolute atomic E-state index is 0.0796. The van der Waals surface area contributed by atoms with E-state index in [4.69, 9.17) is 4.74 Å². The van der Waals surface area contributed by atoms with E-state index in [1.165, 1.54) is 11.4 Å². The third kappa shape index (κ3) is 3.20. The molecule has 6 heteroatoms. The van der Waals surface area contributed by atoms with Gasteiger partial charge in [-0.2, -0.15) is 4.31 Å². The Hall–Kier alpha value is -0.170. The van der Waals surface area contributed by atoms with E-state index < -0.39 is 10.0 Å². The first-order valence-electron chi connectivity index (χ1n) is 4.76. The predicted octanol–water partition coefficient (Wildman–Crippen LogP) is -0.744. The molecule has 14 heavy (non-hydrogen) atoms. The summed E-state index contributed by atoms with van der Waals surface area (Å²) in [6.07, 6.45) is 0. The number of nitrogens with one attached hydrogen (secondary N) is 1. The molecule has 1 N–H and O–H groups in total. The largest absolute Gasteiger partial charge is 0.384 e. The Morgan fingerprint density at radius 3 is 2.86 bits per heavy atom. The third-order valence-electron chi connectivity index (χ3n) is 2.27. The lowest BCUT2D eigenvalue weighted by atomic mass is 10.3. The van der Waals surface area contributed by atoms with Crippen molar-refractivity contribution < 1.29 is 13.2 Å². The van der Waals surface area contributed by atoms with Crippen LogP contribution in [0.5, 0.6) is 0 Å². The maximum absolute atomic E-state index is 11.7. The Bertz CT molecular complexity index is 266. The monoisotopic (exact) mass is 222 g/mol. The number of ether oxygens (including phenoxy) is 1. The van der Waals surface area contributed by atoms with Crippen molar-refractivity contribution in [3.8, 4) is 0 Å². The van der Waals surface area contributed by atoms with Crippen LogP contribution in [-0.2, 0) is 14.8 Å². The van der Waals surface area contributed by atoms with Crippen LogP contribution in [0.3, 0.4) is 0 Å². The summed E-state index contributed by atoms with van der Waals surface area (Å²) in [5.41, 5.74) is 0. The summed E-state index contributed by atoms with van der Waals surface area (Å²) in [4.78, 5) is 0. The molecule has 1 rings (SSSR count). The Balaban J connectivity index is 2.53. The molecule has 1 aliphatic rings. The second kappa shape index (κ2) is 5.06. The molecule has 0 aromatic heterocycles. The number of rotatable bonds is 4. The SMILES string of the molecule is COCCS(=O)(=O)N1CCNC(C)C1. The molecule has 1 unspecified atom stereocenters. The van der Waals surface area contributed by atoms with Crippen LogP contribution < -0.4 is 5.32 Å². The van der Waals surface area contributed by atoms with Gasteiger partial charge >= 0.3 is 0 Å². The van der Waals surface area contributed by atoms with Gasteiger partial charge in [-0.15, -0.1) is 0 Å². The normalized spacial score (nSPS) is 25.1. The minimum atomic E-state index is -3.11. The van der Waals surface area contributed by atoms with Crippen molar-refractivity contribution in [3.05, 3.63) is 0 Å². The van der Waals surface area contributed by atoms with Crippen molar-refractivity contribution in [1.82, 2.24) is 9.62 Å². The van der Waals surface area contributed by atoms with E-state index in [-0.39, 0.29) is 18.4 Å². The van der Waals surface area contributed by atoms with Crippen molar-refractivity contribution in [1.29, 1.82) is 0 Å². The Kier molecular flexibility index (Phi) is 4.31. The zero-order valence-corrected chi connectivity index (χ0v) is 9.51. The van der Waals surface area contributed by atoms with Gasteiger partial charge in [-0.1, -0.05) is 0 Å². The molecule has 1 heterocycles. The summed E-state index contributed by atoms with van der Waals surface area (Å²) in [6, 6.07) is 0.237. The van der Waals surface area contributed by atoms with Crippen molar-refractivity contribution in [2.75, 3.05) is 39.1 Å². The smallest absolute Gasteiger partial charge is 0.216 e. The number of sulfonamides is 1. The number of methoxy groups -OCH3 is 1. The zero-order chi connectivity index (χ0) is 10.6. The minimum Gasteiger partial charge on any atom is -0.384 e. The highest BCUT2D eigenvalue weighted by atomic mass is 32.2. The lowest BCUT2D eigenvalue weighted by molar-refractivity contribution is 0.214. The molecule has 0 bridgehead atoms. The Morgan fingerprint density at radius 2 is 2.29 bits per heavy atom. The summed E-state index contributed by atoms with van der Waals surface area (Å²) in [5.74, 6) is 0.0796. The molecule has 1 aliphatic heterocycles. The summed E-state index contributed by atoms with van der Waals surface area (Å²) < 4.78 is 29.7. The molecule has 0 aromatic rings. The average molecular weight is 222 g/mol. The van der Waals surface area contributed by atoms with E-state index >= 15 is 0 Å². The molecule has 0 amide bonds. The first-order chi connectivity index (χ1) is 6.56. The van der Waals surface area contributed by atoms with Crippen LogP contribution in [0.25, 0.3) is 0 Å². The van der Waals surface area contributed by atoms with Gasteiger partial charge < -0.3 is 10.1 Å². The molecule has 84 valence electrons. The van der Waals surface area contributed by atoms with Gasteiger partial charge in [-0.3, -0.25) is 0 Å². The van der Waals surface area contributed by atoms with Crippen LogP contribution in [0.15, 0.2) is 0 Å². The van der Waals surface area contributed by atoms with E-state index in [1.54, 1.807) is 0 Å². The molecule has 0 aromatic carbocycles. The van der Waals surface area contributed by atoms with Gasteiger partial charge in [0.2, 0.25) is 10.0 Å². The van der Waals surface area contributed by atoms with Gasteiger partial charge in [-0.25, -0.2) is 8.42 Å². The summed E-state index contributed by atoms with van der Waals surface area (Å²) in [7, 11) is -1.60. The fourth-order valence-corrected chi connectivity index (χ4v) is 2.92. The van der Waals surface area contributed by atoms with Gasteiger partial charge in [-0.05, 0) is 6.92 Å². The first-order valence-corrected chi connectivity index (χ1v) is 6.37. The molecule has 1 atom stereocenters. The van der Waals surface area contributed by atoms with Crippen molar-refractivity contribution >= 4 is 10.0 Å². The number of piperazine rings is 1. The van der Waals surface area contributed by atoms with Gasteiger partial charge in [0, 0.05) is 32.8 Å². The van der Waals surface area contributed by atoms with Crippen LogP contribution in [0.2, 0.25) is 0 Å². The standard InChI is InChI=1S/C8H18N2O3S/c1-8-7-10(4-3-9-8)14(11,12)6-5-13-2/h8-9H,3-7H2,1-2H3. The van der Waals surface area contributed by atoms with Gasteiger partial charge in [0.05, 0.1) is 12.4 Å². The fourth-order valence-electron chi connectivity index (χ4n) is 1.47. The lowest BCUT2D eigenvalue weighted by Gasteiger charge is -2.30. The second-order valence-corrected chi connectivity index (χ2v) is 5.61. The van der Waals surface area contributed by atoms with Gasteiger partial charge in [0.1, 0.15) is 0 Å². The van der Waals surface area contributed by atoms with Gasteiger partial charge in [0.25, 0.3) is 0 Å². The molecule has 0 radical (unpaired) electrons. The maximum atomic E-state index is 11.7. The van der Waals surface area contributed by atoms with E-state index in [9.17, 15) is 8.42 Å². The highest BCUT2D eigenvalue weighted by molar-refractivity contribution is 7.89. The highest BCUT2D eigenvalue weighted by Gasteiger charge is 2.26. The molecule has 0 saturated carbocycles.